The first-order chi connectivity index (χ1) is 9.75. The van der Waals surface area contributed by atoms with Gasteiger partial charge in [-0.2, -0.15) is 0 Å². The minimum atomic E-state index is 0.625. The molecule has 0 aliphatic heterocycles. The highest BCUT2D eigenvalue weighted by Crippen LogP contribution is 2.29. The van der Waals surface area contributed by atoms with Crippen molar-refractivity contribution in [2.24, 2.45) is 5.92 Å². The lowest BCUT2D eigenvalue weighted by Crippen LogP contribution is -2.11. The number of hydrogen-bond acceptors (Lipinski definition) is 5. The topological polar surface area (TPSA) is 78.8 Å². The number of hydrogen-bond donors (Lipinski definition) is 1. The molecule has 3 rings (SSSR count). The molecule has 1 saturated carbocycles. The fraction of sp³-hybridized carbons (Fsp3) is 0.500. The van der Waals surface area contributed by atoms with Gasteiger partial charge in [-0.05, 0) is 47.7 Å². The highest BCUT2D eigenvalue weighted by Gasteiger charge is 2.21. The third-order valence-electron chi connectivity index (χ3n) is 3.59. The van der Waals surface area contributed by atoms with Gasteiger partial charge in [0.05, 0.1) is 13.2 Å². The molecular formula is C14H19N5O. The van der Waals surface area contributed by atoms with Crippen LogP contribution in [-0.2, 0) is 11.3 Å². The first-order valence-corrected chi connectivity index (χ1v) is 6.95. The van der Waals surface area contributed by atoms with E-state index in [-0.39, 0.29) is 0 Å². The summed E-state index contributed by atoms with van der Waals surface area (Å²) >= 11 is 0. The molecule has 1 fully saturated rings. The van der Waals surface area contributed by atoms with Gasteiger partial charge in [0, 0.05) is 17.9 Å². The van der Waals surface area contributed by atoms with Gasteiger partial charge in [-0.3, -0.25) is 0 Å². The zero-order valence-electron chi connectivity index (χ0n) is 11.6. The number of aromatic nitrogens is 4. The lowest BCUT2D eigenvalue weighted by molar-refractivity contribution is 0.114. The predicted molar refractivity (Wildman–Crippen MR) is 75.9 cm³/mol. The van der Waals surface area contributed by atoms with Crippen LogP contribution in [-0.4, -0.2) is 33.4 Å². The van der Waals surface area contributed by atoms with E-state index in [2.05, 4.69) is 15.5 Å². The number of nitrogens with zero attached hydrogens (tertiary/aromatic N) is 4. The highest BCUT2D eigenvalue weighted by atomic mass is 16.5. The second kappa shape index (κ2) is 5.58. The highest BCUT2D eigenvalue weighted by molar-refractivity contribution is 5.73. The third kappa shape index (κ3) is 2.80. The van der Waals surface area contributed by atoms with Crippen LogP contribution >= 0.6 is 0 Å². The molecule has 0 spiro atoms. The van der Waals surface area contributed by atoms with E-state index in [4.69, 9.17) is 10.5 Å². The average molecular weight is 273 g/mol. The third-order valence-corrected chi connectivity index (χ3v) is 3.59. The Balaban J connectivity index is 1.70. The van der Waals surface area contributed by atoms with Crippen molar-refractivity contribution in [1.82, 2.24) is 20.2 Å². The smallest absolute Gasteiger partial charge is 0.184 e. The van der Waals surface area contributed by atoms with Crippen molar-refractivity contribution in [2.75, 3.05) is 18.9 Å². The monoisotopic (exact) mass is 273 g/mol. The van der Waals surface area contributed by atoms with E-state index >= 15 is 0 Å². The van der Waals surface area contributed by atoms with Gasteiger partial charge in [0.25, 0.3) is 0 Å². The lowest BCUT2D eigenvalue weighted by Gasteiger charge is -2.09. The van der Waals surface area contributed by atoms with Gasteiger partial charge in [-0.1, -0.05) is 12.1 Å². The largest absolute Gasteiger partial charge is 0.398 e. The standard InChI is InChI=1S/C14H19N5O/c1-10-3-2-4-12(13(10)15)14-16-17-18-19(14)7-8-20-9-11-5-6-11/h2-4,11H,5-9,15H2,1H3. The van der Waals surface area contributed by atoms with E-state index < -0.39 is 0 Å². The van der Waals surface area contributed by atoms with E-state index in [1.807, 2.05) is 25.1 Å². The molecule has 106 valence electrons. The van der Waals surface area contributed by atoms with Gasteiger partial charge in [0.15, 0.2) is 5.82 Å². The minimum absolute atomic E-state index is 0.625. The zero-order valence-corrected chi connectivity index (χ0v) is 11.6. The van der Waals surface area contributed by atoms with Crippen LogP contribution in [0.15, 0.2) is 18.2 Å². The minimum Gasteiger partial charge on any atom is -0.398 e. The van der Waals surface area contributed by atoms with Crippen molar-refractivity contribution in [3.63, 3.8) is 0 Å². The van der Waals surface area contributed by atoms with Crippen LogP contribution in [0.25, 0.3) is 11.4 Å². The Labute approximate surface area is 117 Å². The molecular weight excluding hydrogens is 254 g/mol. The van der Waals surface area contributed by atoms with E-state index in [0.717, 1.165) is 29.3 Å². The van der Waals surface area contributed by atoms with Crippen LogP contribution in [0.2, 0.25) is 0 Å². The molecule has 1 heterocycles. The van der Waals surface area contributed by atoms with Crippen molar-refractivity contribution in [3.8, 4) is 11.4 Å². The van der Waals surface area contributed by atoms with Crippen molar-refractivity contribution < 1.29 is 4.74 Å². The number of anilines is 1. The molecule has 1 aromatic carbocycles. The molecule has 6 heteroatoms. The summed E-state index contributed by atoms with van der Waals surface area (Å²) in [5, 5.41) is 11.8. The van der Waals surface area contributed by atoms with Gasteiger partial charge in [0.2, 0.25) is 0 Å². The molecule has 1 aliphatic rings. The van der Waals surface area contributed by atoms with E-state index in [1.165, 1.54) is 12.8 Å². The summed E-state index contributed by atoms with van der Waals surface area (Å²) in [5.41, 5.74) is 8.73. The fourth-order valence-electron chi connectivity index (χ4n) is 2.11. The number of aryl methyl sites for hydroxylation is 1. The molecule has 20 heavy (non-hydrogen) atoms. The molecule has 0 unspecified atom stereocenters. The first-order valence-electron chi connectivity index (χ1n) is 6.95. The van der Waals surface area contributed by atoms with E-state index in [1.54, 1.807) is 4.68 Å². The summed E-state index contributed by atoms with van der Waals surface area (Å²) in [6.45, 7) is 4.10. The molecule has 2 aromatic rings. The van der Waals surface area contributed by atoms with Crippen LogP contribution in [0.1, 0.15) is 18.4 Å². The van der Waals surface area contributed by atoms with Gasteiger partial charge < -0.3 is 10.5 Å². The Morgan fingerprint density at radius 3 is 3.05 bits per heavy atom. The molecule has 0 bridgehead atoms. The Morgan fingerprint density at radius 2 is 2.25 bits per heavy atom. The van der Waals surface area contributed by atoms with Crippen molar-refractivity contribution in [3.05, 3.63) is 23.8 Å². The molecule has 0 saturated heterocycles. The van der Waals surface area contributed by atoms with Crippen LogP contribution in [0, 0.1) is 12.8 Å². The summed E-state index contributed by atoms with van der Waals surface area (Å²) in [5.74, 6) is 1.47. The quantitative estimate of drug-likeness (QED) is 0.639. The number of para-hydroxylation sites is 1. The molecule has 0 amide bonds. The van der Waals surface area contributed by atoms with Gasteiger partial charge >= 0.3 is 0 Å². The van der Waals surface area contributed by atoms with Crippen LogP contribution in [0.4, 0.5) is 5.69 Å². The summed E-state index contributed by atoms with van der Waals surface area (Å²) in [4.78, 5) is 0. The second-order valence-electron chi connectivity index (χ2n) is 5.28. The normalized spacial score (nSPS) is 14.7. The Morgan fingerprint density at radius 1 is 1.40 bits per heavy atom. The first kappa shape index (κ1) is 13.1. The zero-order chi connectivity index (χ0) is 13.9. The molecule has 0 radical (unpaired) electrons. The molecule has 1 aromatic heterocycles. The Kier molecular flexibility index (Phi) is 3.64. The summed E-state index contributed by atoms with van der Waals surface area (Å²) in [6, 6.07) is 5.88. The molecule has 1 aliphatic carbocycles. The maximum absolute atomic E-state index is 6.11. The maximum Gasteiger partial charge on any atom is 0.184 e. The average Bonchev–Trinajstić information content (AvgIpc) is 3.16. The van der Waals surface area contributed by atoms with Gasteiger partial charge in [0.1, 0.15) is 0 Å². The second-order valence-corrected chi connectivity index (χ2v) is 5.28. The van der Waals surface area contributed by atoms with E-state index in [9.17, 15) is 0 Å². The van der Waals surface area contributed by atoms with E-state index in [0.29, 0.717) is 19.0 Å². The SMILES string of the molecule is Cc1cccc(-c2nnnn2CCOCC2CC2)c1N. The number of tetrazole rings is 1. The summed E-state index contributed by atoms with van der Waals surface area (Å²) in [7, 11) is 0. The van der Waals surface area contributed by atoms with Gasteiger partial charge in [-0.25, -0.2) is 4.68 Å². The van der Waals surface area contributed by atoms with Crippen LogP contribution < -0.4 is 5.73 Å². The Bertz CT molecular complexity index is 591. The number of benzene rings is 1. The number of nitrogen functional groups attached to an aromatic ring is 1. The molecule has 6 nitrogen and oxygen atoms in total. The number of rotatable bonds is 6. The molecule has 0 atom stereocenters. The van der Waals surface area contributed by atoms with Crippen LogP contribution in [0.3, 0.4) is 0 Å². The van der Waals surface area contributed by atoms with Crippen molar-refractivity contribution >= 4 is 5.69 Å². The van der Waals surface area contributed by atoms with Crippen LogP contribution in [0.5, 0.6) is 0 Å². The lowest BCUT2D eigenvalue weighted by atomic mass is 10.1. The maximum atomic E-state index is 6.11. The van der Waals surface area contributed by atoms with Gasteiger partial charge in [-0.15, -0.1) is 5.10 Å². The van der Waals surface area contributed by atoms with Crippen molar-refractivity contribution in [1.29, 1.82) is 0 Å². The number of nitrogens with two attached hydrogens (primary N) is 1. The number of ether oxygens (including phenoxy) is 1. The molecule has 2 N–H and O–H groups in total. The fourth-order valence-corrected chi connectivity index (χ4v) is 2.11. The summed E-state index contributed by atoms with van der Waals surface area (Å²) in [6.07, 6.45) is 2.60. The summed E-state index contributed by atoms with van der Waals surface area (Å²) < 4.78 is 7.38. The van der Waals surface area contributed by atoms with Crippen molar-refractivity contribution in [2.45, 2.75) is 26.3 Å². The predicted octanol–water partition coefficient (Wildman–Crippen LogP) is 1.66. The Hall–Kier alpha value is -1.95.